The van der Waals surface area contributed by atoms with Gasteiger partial charge in [-0.25, -0.2) is 0 Å². The Labute approximate surface area is 147 Å². The van der Waals surface area contributed by atoms with E-state index in [9.17, 15) is 18.0 Å². The van der Waals surface area contributed by atoms with E-state index in [1.807, 2.05) is 13.8 Å². The topological polar surface area (TPSA) is 47.6 Å². The van der Waals surface area contributed by atoms with Gasteiger partial charge >= 0.3 is 6.36 Å². The smallest absolute Gasteiger partial charge is 0.496 e. The van der Waals surface area contributed by atoms with Crippen molar-refractivity contribution in [3.63, 3.8) is 0 Å². The Kier molecular flexibility index (Phi) is 4.18. The lowest BCUT2D eigenvalue weighted by Crippen LogP contribution is -2.43. The Bertz CT molecular complexity index is 771. The fraction of sp³-hybridized carbons (Fsp3) is 0.471. The number of nitrogens with one attached hydrogen (secondary N) is 1. The number of halogens is 4. The van der Waals surface area contributed by atoms with Gasteiger partial charge in [0.2, 0.25) is 0 Å². The molecule has 136 valence electrons. The second kappa shape index (κ2) is 5.83. The first-order valence-electron chi connectivity index (χ1n) is 7.74. The molecule has 0 aromatic heterocycles. The second-order valence-corrected chi connectivity index (χ2v) is 6.87. The summed E-state index contributed by atoms with van der Waals surface area (Å²) in [5.41, 5.74) is 0.958. The van der Waals surface area contributed by atoms with Gasteiger partial charge in [-0.15, -0.1) is 13.2 Å². The summed E-state index contributed by atoms with van der Waals surface area (Å²) in [5, 5.41) is 2.94. The van der Waals surface area contributed by atoms with Crippen molar-refractivity contribution in [2.45, 2.75) is 38.6 Å². The summed E-state index contributed by atoms with van der Waals surface area (Å²) in [6, 6.07) is 2.11. The number of benzene rings is 1. The van der Waals surface area contributed by atoms with Crippen molar-refractivity contribution in [2.24, 2.45) is 5.92 Å². The Balaban J connectivity index is 2.10. The maximum Gasteiger partial charge on any atom is 0.573 e. The zero-order chi connectivity index (χ0) is 18.6. The molecule has 3 rings (SSSR count). The number of alkyl halides is 3. The highest BCUT2D eigenvalue weighted by Gasteiger charge is 2.50. The lowest BCUT2D eigenvalue weighted by Gasteiger charge is -2.26. The molecule has 1 amide bonds. The molecular formula is C17H17ClF3NO3. The predicted molar refractivity (Wildman–Crippen MR) is 86.6 cm³/mol. The van der Waals surface area contributed by atoms with E-state index < -0.39 is 17.7 Å². The molecule has 1 saturated carbocycles. The van der Waals surface area contributed by atoms with Gasteiger partial charge < -0.3 is 14.8 Å². The highest BCUT2D eigenvalue weighted by atomic mass is 35.5. The van der Waals surface area contributed by atoms with Gasteiger partial charge in [0.05, 0.1) is 23.2 Å². The summed E-state index contributed by atoms with van der Waals surface area (Å²) < 4.78 is 46.4. The molecule has 0 spiro atoms. The van der Waals surface area contributed by atoms with E-state index in [0.717, 1.165) is 30.5 Å². The van der Waals surface area contributed by atoms with Gasteiger partial charge in [0.1, 0.15) is 11.5 Å². The molecule has 0 saturated heterocycles. The third-order valence-corrected chi connectivity index (χ3v) is 5.18. The van der Waals surface area contributed by atoms with Gasteiger partial charge in [0.25, 0.3) is 5.91 Å². The van der Waals surface area contributed by atoms with E-state index in [1.54, 1.807) is 0 Å². The van der Waals surface area contributed by atoms with E-state index in [-0.39, 0.29) is 22.2 Å². The molecule has 1 atom stereocenters. The summed E-state index contributed by atoms with van der Waals surface area (Å²) in [5.74, 6) is -0.404. The fourth-order valence-electron chi connectivity index (χ4n) is 3.35. The number of hydrogen-bond donors (Lipinski definition) is 1. The molecule has 0 radical (unpaired) electrons. The van der Waals surface area contributed by atoms with Crippen molar-refractivity contribution in [2.75, 3.05) is 7.11 Å². The van der Waals surface area contributed by atoms with Crippen LogP contribution in [0.5, 0.6) is 11.5 Å². The molecule has 25 heavy (non-hydrogen) atoms. The summed E-state index contributed by atoms with van der Waals surface area (Å²) in [6.45, 7) is 3.79. The van der Waals surface area contributed by atoms with E-state index in [0.29, 0.717) is 11.5 Å². The summed E-state index contributed by atoms with van der Waals surface area (Å²) >= 11 is 6.20. The molecule has 4 nitrogen and oxygen atoms in total. The van der Waals surface area contributed by atoms with Crippen molar-refractivity contribution in [3.8, 4) is 11.5 Å². The van der Waals surface area contributed by atoms with Crippen LogP contribution in [0.1, 0.15) is 32.3 Å². The van der Waals surface area contributed by atoms with Crippen LogP contribution < -0.4 is 14.8 Å². The summed E-state index contributed by atoms with van der Waals surface area (Å²) in [6.07, 6.45) is -2.81. The largest absolute Gasteiger partial charge is 0.573 e. The Hall–Kier alpha value is -1.89. The van der Waals surface area contributed by atoms with Gasteiger partial charge in [0, 0.05) is 17.7 Å². The lowest BCUT2D eigenvalue weighted by molar-refractivity contribution is -0.274. The van der Waals surface area contributed by atoms with Gasteiger partial charge in [0.15, 0.2) is 0 Å². The minimum Gasteiger partial charge on any atom is -0.496 e. The number of amides is 1. The van der Waals surface area contributed by atoms with Crippen molar-refractivity contribution in [1.82, 2.24) is 5.32 Å². The van der Waals surface area contributed by atoms with Crippen molar-refractivity contribution in [1.29, 1.82) is 0 Å². The zero-order valence-electron chi connectivity index (χ0n) is 13.9. The molecule has 1 fully saturated rings. The standard InChI is InChI=1S/C17H17ClF3NO3/c1-8-13(15(23)22-16(8,2)9-4-5-9)14-11(18)6-10(7-12(14)24-3)25-17(19,20)21/h6-7,9H,4-5H2,1-3H3,(H,22,23). The van der Waals surface area contributed by atoms with E-state index in [1.165, 1.54) is 7.11 Å². The van der Waals surface area contributed by atoms with Crippen LogP contribution in [0.4, 0.5) is 13.2 Å². The van der Waals surface area contributed by atoms with Crippen molar-refractivity contribution in [3.05, 3.63) is 28.3 Å². The average Bonchev–Trinajstić information content (AvgIpc) is 3.29. The predicted octanol–water partition coefficient (Wildman–Crippen LogP) is 4.32. The summed E-state index contributed by atoms with van der Waals surface area (Å²) in [7, 11) is 1.30. The maximum absolute atomic E-state index is 12.6. The molecule has 1 N–H and O–H groups in total. The number of carbonyl (C=O) groups is 1. The number of rotatable bonds is 4. The number of ether oxygens (including phenoxy) is 2. The Morgan fingerprint density at radius 2 is 1.96 bits per heavy atom. The SMILES string of the molecule is COc1cc(OC(F)(F)F)cc(Cl)c1C1=C(C)C(C)(C2CC2)NC1=O. The van der Waals surface area contributed by atoms with Crippen molar-refractivity contribution < 1.29 is 27.4 Å². The van der Waals surface area contributed by atoms with Crippen LogP contribution in [-0.4, -0.2) is 24.9 Å². The normalized spacial score (nSPS) is 23.7. The molecule has 8 heteroatoms. The second-order valence-electron chi connectivity index (χ2n) is 6.46. The number of methoxy groups -OCH3 is 1. The monoisotopic (exact) mass is 375 g/mol. The molecule has 0 bridgehead atoms. The minimum absolute atomic E-state index is 0.0388. The fourth-order valence-corrected chi connectivity index (χ4v) is 3.64. The molecule has 1 aromatic rings. The van der Waals surface area contributed by atoms with Crippen molar-refractivity contribution >= 4 is 23.1 Å². The van der Waals surface area contributed by atoms with Gasteiger partial charge in [-0.1, -0.05) is 11.6 Å². The van der Waals surface area contributed by atoms with Crippen LogP contribution in [0.15, 0.2) is 17.7 Å². The van der Waals surface area contributed by atoms with E-state index in [4.69, 9.17) is 16.3 Å². The third kappa shape index (κ3) is 3.17. The average molecular weight is 376 g/mol. The lowest BCUT2D eigenvalue weighted by atomic mass is 9.86. The first-order chi connectivity index (χ1) is 11.6. The van der Waals surface area contributed by atoms with Crippen LogP contribution >= 0.6 is 11.6 Å². The molecule has 1 aliphatic heterocycles. The molecule has 2 aliphatic rings. The molecular weight excluding hydrogens is 359 g/mol. The minimum atomic E-state index is -4.85. The Morgan fingerprint density at radius 3 is 2.48 bits per heavy atom. The van der Waals surface area contributed by atoms with Crippen LogP contribution in [0.3, 0.4) is 0 Å². The zero-order valence-corrected chi connectivity index (χ0v) is 14.6. The van der Waals surface area contributed by atoms with Crippen LogP contribution in [0, 0.1) is 5.92 Å². The van der Waals surface area contributed by atoms with Crippen LogP contribution in [0.2, 0.25) is 5.02 Å². The Morgan fingerprint density at radius 1 is 1.32 bits per heavy atom. The van der Waals surface area contributed by atoms with Gasteiger partial charge in [-0.3, -0.25) is 4.79 Å². The highest BCUT2D eigenvalue weighted by Crippen LogP contribution is 2.50. The number of hydrogen-bond acceptors (Lipinski definition) is 3. The van der Waals surface area contributed by atoms with E-state index >= 15 is 0 Å². The molecule has 1 aliphatic carbocycles. The quantitative estimate of drug-likeness (QED) is 0.852. The van der Waals surface area contributed by atoms with Gasteiger partial charge in [-0.2, -0.15) is 0 Å². The summed E-state index contributed by atoms with van der Waals surface area (Å²) in [4.78, 5) is 12.6. The first kappa shape index (κ1) is 17.9. The molecule has 1 unspecified atom stereocenters. The maximum atomic E-state index is 12.6. The molecule has 1 aromatic carbocycles. The van der Waals surface area contributed by atoms with Crippen LogP contribution in [-0.2, 0) is 4.79 Å². The van der Waals surface area contributed by atoms with Gasteiger partial charge in [-0.05, 0) is 38.2 Å². The highest BCUT2D eigenvalue weighted by molar-refractivity contribution is 6.36. The van der Waals surface area contributed by atoms with E-state index in [2.05, 4.69) is 10.1 Å². The molecule has 1 heterocycles. The third-order valence-electron chi connectivity index (χ3n) is 4.88. The number of carbonyl (C=O) groups excluding carboxylic acids is 1. The first-order valence-corrected chi connectivity index (χ1v) is 8.12. The van der Waals surface area contributed by atoms with Crippen LogP contribution in [0.25, 0.3) is 5.57 Å².